The molecule has 20 heavy (non-hydrogen) atoms. The van der Waals surface area contributed by atoms with Gasteiger partial charge in [-0.15, -0.1) is 0 Å². The number of aromatic nitrogens is 3. The molecule has 0 saturated heterocycles. The maximum Gasteiger partial charge on any atom is 0.279 e. The van der Waals surface area contributed by atoms with Gasteiger partial charge in [0.15, 0.2) is 5.52 Å². The van der Waals surface area contributed by atoms with E-state index in [0.29, 0.717) is 11.6 Å². The second-order valence-electron chi connectivity index (χ2n) is 5.53. The number of rotatable bonds is 1. The second kappa shape index (κ2) is 3.95. The first kappa shape index (κ1) is 12.1. The molecule has 2 heterocycles. The van der Waals surface area contributed by atoms with E-state index in [0.717, 1.165) is 39.3 Å². The molecule has 4 nitrogen and oxygen atoms in total. The third kappa shape index (κ3) is 1.47. The van der Waals surface area contributed by atoms with Gasteiger partial charge in [0, 0.05) is 22.9 Å². The highest BCUT2D eigenvalue weighted by atomic mass is 79.9. The average Bonchev–Trinajstić information content (AvgIpc) is 3.18. The molecule has 0 atom stereocenters. The van der Waals surface area contributed by atoms with Crippen molar-refractivity contribution in [3.63, 3.8) is 0 Å². The summed E-state index contributed by atoms with van der Waals surface area (Å²) in [7, 11) is 1.94. The zero-order valence-electron chi connectivity index (χ0n) is 11.4. The van der Waals surface area contributed by atoms with E-state index in [1.54, 1.807) is 6.33 Å². The van der Waals surface area contributed by atoms with Crippen molar-refractivity contribution in [2.75, 3.05) is 0 Å². The summed E-state index contributed by atoms with van der Waals surface area (Å²) in [5, 5.41) is 1.10. The Morgan fingerprint density at radius 1 is 1.30 bits per heavy atom. The van der Waals surface area contributed by atoms with Crippen LogP contribution in [0.5, 0.6) is 0 Å². The highest BCUT2D eigenvalue weighted by molar-refractivity contribution is 9.10. The van der Waals surface area contributed by atoms with Gasteiger partial charge in [0.1, 0.15) is 0 Å². The Bertz CT molecular complexity index is 918. The smallest absolute Gasteiger partial charge is 0.279 e. The van der Waals surface area contributed by atoms with E-state index in [2.05, 4.69) is 33.9 Å². The molecule has 5 heteroatoms. The molecule has 2 aromatic heterocycles. The van der Waals surface area contributed by atoms with Gasteiger partial charge in [0.05, 0.1) is 17.4 Å². The van der Waals surface area contributed by atoms with Gasteiger partial charge in [0.2, 0.25) is 0 Å². The van der Waals surface area contributed by atoms with E-state index >= 15 is 0 Å². The Hall–Kier alpha value is -1.62. The van der Waals surface area contributed by atoms with Gasteiger partial charge in [-0.05, 0) is 37.5 Å². The fourth-order valence-electron chi connectivity index (χ4n) is 2.98. The molecule has 0 N–H and O–H groups in total. The third-order valence-electron chi connectivity index (χ3n) is 4.13. The standard InChI is InChI=1S/C15H14BrN3O/c1-8-11(16)6-5-10-13(8)19(9-3-4-9)15(20)12-14(10)18(2)7-17-12/h5-7,9H,3-4H2,1-2H3. The molecule has 0 bridgehead atoms. The van der Waals surface area contributed by atoms with Crippen LogP contribution in [0.2, 0.25) is 0 Å². The van der Waals surface area contributed by atoms with Crippen LogP contribution in [0.1, 0.15) is 24.4 Å². The van der Waals surface area contributed by atoms with Crippen molar-refractivity contribution >= 4 is 37.9 Å². The van der Waals surface area contributed by atoms with Crippen LogP contribution in [0.4, 0.5) is 0 Å². The number of hydrogen-bond acceptors (Lipinski definition) is 2. The SMILES string of the molecule is Cc1c(Br)ccc2c3c(ncn3C)c(=O)n(C3CC3)c12. The van der Waals surface area contributed by atoms with Crippen molar-refractivity contribution in [1.82, 2.24) is 14.1 Å². The highest BCUT2D eigenvalue weighted by Crippen LogP contribution is 2.39. The Kier molecular flexibility index (Phi) is 2.40. The lowest BCUT2D eigenvalue weighted by Gasteiger charge is -2.14. The van der Waals surface area contributed by atoms with Crippen LogP contribution < -0.4 is 5.56 Å². The first-order valence-corrected chi connectivity index (χ1v) is 7.53. The zero-order valence-corrected chi connectivity index (χ0v) is 12.9. The van der Waals surface area contributed by atoms with Crippen molar-refractivity contribution in [3.8, 4) is 0 Å². The normalized spacial score (nSPS) is 15.3. The third-order valence-corrected chi connectivity index (χ3v) is 4.99. The van der Waals surface area contributed by atoms with E-state index in [-0.39, 0.29) is 5.56 Å². The number of fused-ring (bicyclic) bond motifs is 3. The molecule has 1 saturated carbocycles. The molecule has 0 amide bonds. The molecule has 1 aliphatic rings. The van der Waals surface area contributed by atoms with Gasteiger partial charge >= 0.3 is 0 Å². The summed E-state index contributed by atoms with van der Waals surface area (Å²) in [4.78, 5) is 17.1. The monoisotopic (exact) mass is 331 g/mol. The van der Waals surface area contributed by atoms with Crippen molar-refractivity contribution in [2.24, 2.45) is 7.05 Å². The van der Waals surface area contributed by atoms with Crippen LogP contribution in [-0.4, -0.2) is 14.1 Å². The molecule has 0 spiro atoms. The van der Waals surface area contributed by atoms with E-state index in [9.17, 15) is 4.79 Å². The van der Waals surface area contributed by atoms with Crippen LogP contribution in [0.3, 0.4) is 0 Å². The summed E-state index contributed by atoms with van der Waals surface area (Å²) in [6.07, 6.45) is 3.89. The molecular formula is C15H14BrN3O. The topological polar surface area (TPSA) is 39.8 Å². The highest BCUT2D eigenvalue weighted by Gasteiger charge is 2.29. The zero-order chi connectivity index (χ0) is 14.0. The first-order chi connectivity index (χ1) is 9.59. The minimum absolute atomic E-state index is 0.0387. The van der Waals surface area contributed by atoms with E-state index in [4.69, 9.17) is 0 Å². The molecule has 3 aromatic rings. The lowest BCUT2D eigenvalue weighted by Crippen LogP contribution is -2.21. The summed E-state index contributed by atoms with van der Waals surface area (Å²) in [5.41, 5.74) is 3.71. The lowest BCUT2D eigenvalue weighted by atomic mass is 10.1. The molecule has 4 rings (SSSR count). The number of benzene rings is 1. The molecule has 1 aliphatic carbocycles. The molecule has 0 aliphatic heterocycles. The molecule has 0 radical (unpaired) electrons. The molecule has 1 fully saturated rings. The fourth-order valence-corrected chi connectivity index (χ4v) is 3.30. The number of nitrogens with zero attached hydrogens (tertiary/aromatic N) is 3. The van der Waals surface area contributed by atoms with E-state index in [1.165, 1.54) is 0 Å². The summed E-state index contributed by atoms with van der Waals surface area (Å²) >= 11 is 3.58. The largest absolute Gasteiger partial charge is 0.333 e. The summed E-state index contributed by atoms with van der Waals surface area (Å²) < 4.78 is 4.93. The average molecular weight is 332 g/mol. The number of aryl methyl sites for hydroxylation is 2. The number of imidazole rings is 1. The van der Waals surface area contributed by atoms with Crippen molar-refractivity contribution in [1.29, 1.82) is 0 Å². The quantitative estimate of drug-likeness (QED) is 0.686. The predicted molar refractivity (Wildman–Crippen MR) is 83.2 cm³/mol. The Balaban J connectivity index is 2.35. The van der Waals surface area contributed by atoms with Crippen LogP contribution in [-0.2, 0) is 7.05 Å². The summed E-state index contributed by atoms with van der Waals surface area (Å²) in [5.74, 6) is 0. The molecule has 1 aromatic carbocycles. The van der Waals surface area contributed by atoms with Gasteiger partial charge in [-0.3, -0.25) is 4.79 Å². The Morgan fingerprint density at radius 3 is 2.75 bits per heavy atom. The lowest BCUT2D eigenvalue weighted by molar-refractivity contribution is 0.742. The summed E-state index contributed by atoms with van der Waals surface area (Å²) in [6.45, 7) is 2.06. The van der Waals surface area contributed by atoms with Crippen molar-refractivity contribution in [2.45, 2.75) is 25.8 Å². The van der Waals surface area contributed by atoms with Crippen molar-refractivity contribution < 1.29 is 0 Å². The van der Waals surface area contributed by atoms with Gasteiger partial charge in [-0.2, -0.15) is 0 Å². The number of hydrogen-bond donors (Lipinski definition) is 0. The van der Waals surface area contributed by atoms with E-state index in [1.807, 2.05) is 22.2 Å². The Labute approximate surface area is 124 Å². The first-order valence-electron chi connectivity index (χ1n) is 6.74. The van der Waals surface area contributed by atoms with Gasteiger partial charge in [0.25, 0.3) is 5.56 Å². The fraction of sp³-hybridized carbons (Fsp3) is 0.333. The minimum atomic E-state index is 0.0387. The van der Waals surface area contributed by atoms with Crippen LogP contribution in [0.15, 0.2) is 27.7 Å². The molecule has 0 unspecified atom stereocenters. The minimum Gasteiger partial charge on any atom is -0.333 e. The van der Waals surface area contributed by atoms with E-state index < -0.39 is 0 Å². The van der Waals surface area contributed by atoms with Gasteiger partial charge in [-0.1, -0.05) is 15.9 Å². The molecular weight excluding hydrogens is 318 g/mol. The molecule has 102 valence electrons. The van der Waals surface area contributed by atoms with Gasteiger partial charge in [-0.25, -0.2) is 4.98 Å². The van der Waals surface area contributed by atoms with Crippen LogP contribution >= 0.6 is 15.9 Å². The number of pyridine rings is 1. The second-order valence-corrected chi connectivity index (χ2v) is 6.38. The van der Waals surface area contributed by atoms with Crippen LogP contribution in [0, 0.1) is 6.92 Å². The van der Waals surface area contributed by atoms with Crippen molar-refractivity contribution in [3.05, 3.63) is 38.9 Å². The predicted octanol–water partition coefficient (Wildman–Crippen LogP) is 3.29. The van der Waals surface area contributed by atoms with Crippen LogP contribution in [0.25, 0.3) is 21.9 Å². The Morgan fingerprint density at radius 2 is 2.05 bits per heavy atom. The maximum absolute atomic E-state index is 12.8. The summed E-state index contributed by atoms with van der Waals surface area (Å²) in [6, 6.07) is 4.46. The number of halogens is 1. The maximum atomic E-state index is 12.8. The van der Waals surface area contributed by atoms with Gasteiger partial charge < -0.3 is 9.13 Å².